The molecule has 0 spiro atoms. The van der Waals surface area contributed by atoms with Crippen molar-refractivity contribution in [2.45, 2.75) is 24.9 Å². The fourth-order valence-corrected chi connectivity index (χ4v) is 3.72. The first kappa shape index (κ1) is 22.7. The van der Waals surface area contributed by atoms with Gasteiger partial charge in [0.2, 0.25) is 0 Å². The number of alkyl halides is 3. The minimum Gasteiger partial charge on any atom is -0.493 e. The molecule has 10 heteroatoms. The average Bonchev–Trinajstić information content (AvgIpc) is 3.14. The lowest BCUT2D eigenvalue weighted by molar-refractivity contribution is -0.140. The Morgan fingerprint density at radius 2 is 2.11 bits per heavy atom. The van der Waals surface area contributed by atoms with Gasteiger partial charge in [-0.3, -0.25) is 4.99 Å². The van der Waals surface area contributed by atoms with Crippen LogP contribution in [0.3, 0.4) is 0 Å². The van der Waals surface area contributed by atoms with Crippen molar-refractivity contribution in [3.05, 3.63) is 45.9 Å². The van der Waals surface area contributed by atoms with Crippen molar-refractivity contribution in [1.29, 1.82) is 0 Å². The summed E-state index contributed by atoms with van der Waals surface area (Å²) in [5.74, 6) is 1.86. The molecule has 0 bridgehead atoms. The molecule has 1 unspecified atom stereocenters. The van der Waals surface area contributed by atoms with E-state index in [-0.39, 0.29) is 24.0 Å². The Labute approximate surface area is 182 Å². The molecule has 1 aliphatic heterocycles. The molecule has 5 nitrogen and oxygen atoms in total. The molecule has 1 aromatic carbocycles. The zero-order chi connectivity index (χ0) is 19.3. The number of halogens is 4. The third-order valence-corrected chi connectivity index (χ3v) is 5.20. The largest absolute Gasteiger partial charge is 0.493 e. The van der Waals surface area contributed by atoms with Crippen molar-refractivity contribution in [2.24, 2.45) is 4.99 Å². The fourth-order valence-electron chi connectivity index (χ4n) is 2.91. The second-order valence-electron chi connectivity index (χ2n) is 6.13. The van der Waals surface area contributed by atoms with Crippen molar-refractivity contribution in [2.75, 3.05) is 26.7 Å². The fraction of sp³-hybridized carbons (Fsp3) is 0.444. The van der Waals surface area contributed by atoms with Crippen LogP contribution in [0.2, 0.25) is 0 Å². The maximum atomic E-state index is 12.6. The predicted octanol–water partition coefficient (Wildman–Crippen LogP) is 4.05. The summed E-state index contributed by atoms with van der Waals surface area (Å²) in [6, 6.07) is 7.99. The van der Waals surface area contributed by atoms with Crippen LogP contribution in [0.15, 0.2) is 34.6 Å². The highest BCUT2D eigenvalue weighted by atomic mass is 127. The van der Waals surface area contributed by atoms with E-state index in [1.165, 1.54) is 5.56 Å². The van der Waals surface area contributed by atoms with Gasteiger partial charge in [0, 0.05) is 37.9 Å². The maximum Gasteiger partial charge on any atom is 0.434 e. The second-order valence-corrected chi connectivity index (χ2v) is 7.07. The predicted molar refractivity (Wildman–Crippen MR) is 115 cm³/mol. The number of nitrogens with zero attached hydrogens (tertiary/aromatic N) is 2. The molecule has 1 aliphatic rings. The molecule has 1 atom stereocenters. The van der Waals surface area contributed by atoms with Gasteiger partial charge in [0.05, 0.1) is 11.6 Å². The highest BCUT2D eigenvalue weighted by Crippen LogP contribution is 2.32. The zero-order valence-corrected chi connectivity index (χ0v) is 18.4. The van der Waals surface area contributed by atoms with E-state index < -0.39 is 11.9 Å². The molecule has 0 amide bonds. The van der Waals surface area contributed by atoms with Gasteiger partial charge in [0.25, 0.3) is 0 Å². The summed E-state index contributed by atoms with van der Waals surface area (Å²) >= 11 is 1.02. The normalized spacial score (nSPS) is 16.6. The van der Waals surface area contributed by atoms with E-state index >= 15 is 0 Å². The molecule has 2 N–H and O–H groups in total. The number of hydrogen-bond acceptors (Lipinski definition) is 4. The first-order chi connectivity index (χ1) is 13.0. The molecule has 2 aromatic rings. The van der Waals surface area contributed by atoms with Gasteiger partial charge in [-0.05, 0) is 18.1 Å². The van der Waals surface area contributed by atoms with E-state index in [1.807, 2.05) is 18.2 Å². The van der Waals surface area contributed by atoms with Gasteiger partial charge in [-0.15, -0.1) is 35.3 Å². The van der Waals surface area contributed by atoms with Gasteiger partial charge in [-0.1, -0.05) is 18.2 Å². The molecule has 1 aromatic heterocycles. The van der Waals surface area contributed by atoms with Crippen LogP contribution in [0.4, 0.5) is 13.2 Å². The molecule has 28 heavy (non-hydrogen) atoms. The average molecular weight is 526 g/mol. The lowest BCUT2D eigenvalue weighted by atomic mass is 9.93. The molecule has 0 fully saturated rings. The number of aliphatic imine (C=N–C) groups is 1. The molecule has 0 radical (unpaired) electrons. The molecule has 2 heterocycles. The van der Waals surface area contributed by atoms with E-state index in [0.717, 1.165) is 28.9 Å². The number of thiazole rings is 1. The Bertz CT molecular complexity index is 797. The second kappa shape index (κ2) is 10.3. The summed E-state index contributed by atoms with van der Waals surface area (Å²) in [4.78, 5) is 7.80. The number of para-hydroxylation sites is 1. The SMILES string of the molecule is CN=C(NCCc1nc(C(F)(F)F)cs1)NCC1CCOc2ccccc21.I. The lowest BCUT2D eigenvalue weighted by Crippen LogP contribution is -2.40. The van der Waals surface area contributed by atoms with Crippen molar-refractivity contribution in [3.63, 3.8) is 0 Å². The number of fused-ring (bicyclic) bond motifs is 1. The van der Waals surface area contributed by atoms with Crippen LogP contribution in [0.25, 0.3) is 0 Å². The summed E-state index contributed by atoms with van der Waals surface area (Å²) in [6.07, 6.45) is -3.07. The van der Waals surface area contributed by atoms with Crippen LogP contribution in [0.5, 0.6) is 5.75 Å². The Morgan fingerprint density at radius 3 is 2.82 bits per heavy atom. The maximum absolute atomic E-state index is 12.6. The zero-order valence-electron chi connectivity index (χ0n) is 15.3. The number of guanidine groups is 1. The van der Waals surface area contributed by atoms with Gasteiger partial charge in [-0.2, -0.15) is 13.2 Å². The van der Waals surface area contributed by atoms with Crippen molar-refractivity contribution in [3.8, 4) is 5.75 Å². The first-order valence-corrected chi connectivity index (χ1v) is 9.53. The number of hydrogen-bond donors (Lipinski definition) is 2. The molecule has 0 aliphatic carbocycles. The van der Waals surface area contributed by atoms with Crippen LogP contribution in [0, 0.1) is 0 Å². The summed E-state index contributed by atoms with van der Waals surface area (Å²) in [5, 5.41) is 7.90. The van der Waals surface area contributed by atoms with Crippen LogP contribution >= 0.6 is 35.3 Å². The highest BCUT2D eigenvalue weighted by Gasteiger charge is 2.33. The van der Waals surface area contributed by atoms with E-state index in [2.05, 4.69) is 26.7 Å². The molecule has 3 rings (SSSR count). The third-order valence-electron chi connectivity index (χ3n) is 4.30. The van der Waals surface area contributed by atoms with Gasteiger partial charge in [-0.25, -0.2) is 4.98 Å². The first-order valence-electron chi connectivity index (χ1n) is 8.65. The Morgan fingerprint density at radius 1 is 1.32 bits per heavy atom. The van der Waals surface area contributed by atoms with Gasteiger partial charge >= 0.3 is 6.18 Å². The number of nitrogens with one attached hydrogen (secondary N) is 2. The van der Waals surface area contributed by atoms with Gasteiger partial charge in [0.15, 0.2) is 11.7 Å². The van der Waals surface area contributed by atoms with Crippen molar-refractivity contribution < 1.29 is 17.9 Å². The number of benzene rings is 1. The number of ether oxygens (including phenoxy) is 1. The highest BCUT2D eigenvalue weighted by molar-refractivity contribution is 14.0. The van der Waals surface area contributed by atoms with E-state index in [9.17, 15) is 13.2 Å². The van der Waals surface area contributed by atoms with Crippen LogP contribution in [-0.4, -0.2) is 37.7 Å². The Hall–Kier alpha value is -1.56. The van der Waals surface area contributed by atoms with Crippen LogP contribution in [-0.2, 0) is 12.6 Å². The van der Waals surface area contributed by atoms with Gasteiger partial charge in [0.1, 0.15) is 5.75 Å². The minimum atomic E-state index is -4.39. The van der Waals surface area contributed by atoms with E-state index in [4.69, 9.17) is 4.74 Å². The molecular formula is C18H22F3IN4OS. The van der Waals surface area contributed by atoms with E-state index in [0.29, 0.717) is 43.0 Å². The Balaban J connectivity index is 0.00000280. The Kier molecular flexibility index (Phi) is 8.35. The lowest BCUT2D eigenvalue weighted by Gasteiger charge is -2.26. The standard InChI is InChI=1S/C18H21F3N4OS.HI/c1-22-17(23-8-6-16-25-15(11-27-16)18(19,20)21)24-10-12-7-9-26-14-5-3-2-4-13(12)14;/h2-5,11-12H,6-10H2,1H3,(H2,22,23,24);1H. The van der Waals surface area contributed by atoms with Crippen molar-refractivity contribution >= 4 is 41.3 Å². The third kappa shape index (κ3) is 5.97. The molecule has 0 saturated heterocycles. The smallest absolute Gasteiger partial charge is 0.434 e. The number of aromatic nitrogens is 1. The molecule has 0 saturated carbocycles. The quantitative estimate of drug-likeness (QED) is 0.351. The summed E-state index contributed by atoms with van der Waals surface area (Å²) in [6.45, 7) is 1.84. The molecule has 154 valence electrons. The summed E-state index contributed by atoms with van der Waals surface area (Å²) < 4.78 is 43.4. The number of rotatable bonds is 5. The summed E-state index contributed by atoms with van der Waals surface area (Å²) in [7, 11) is 1.67. The monoisotopic (exact) mass is 526 g/mol. The summed E-state index contributed by atoms with van der Waals surface area (Å²) in [5.41, 5.74) is 0.345. The van der Waals surface area contributed by atoms with Crippen LogP contribution < -0.4 is 15.4 Å². The topological polar surface area (TPSA) is 58.5 Å². The van der Waals surface area contributed by atoms with E-state index in [1.54, 1.807) is 7.05 Å². The van der Waals surface area contributed by atoms with Crippen LogP contribution in [0.1, 0.15) is 28.6 Å². The minimum absolute atomic E-state index is 0. The van der Waals surface area contributed by atoms with Gasteiger partial charge < -0.3 is 15.4 Å². The molecular weight excluding hydrogens is 504 g/mol. The van der Waals surface area contributed by atoms with Crippen molar-refractivity contribution in [1.82, 2.24) is 15.6 Å².